The van der Waals surface area contributed by atoms with Crippen molar-refractivity contribution in [1.82, 2.24) is 20.2 Å². The van der Waals surface area contributed by atoms with Crippen LogP contribution in [0.15, 0.2) is 30.5 Å². The highest BCUT2D eigenvalue weighted by molar-refractivity contribution is 7.14. The van der Waals surface area contributed by atoms with E-state index in [0.717, 1.165) is 47.3 Å². The van der Waals surface area contributed by atoms with Crippen LogP contribution in [-0.2, 0) is 6.42 Å². The minimum Gasteiger partial charge on any atom is -0.319 e. The van der Waals surface area contributed by atoms with Gasteiger partial charge in [0.2, 0.25) is 0 Å². The second-order valence-corrected chi connectivity index (χ2v) is 7.28. The largest absolute Gasteiger partial charge is 0.319 e. The molecule has 4 rings (SSSR count). The molecule has 1 amide bonds. The van der Waals surface area contributed by atoms with Gasteiger partial charge in [0.05, 0.1) is 17.6 Å². The Morgan fingerprint density at radius 3 is 2.73 bits per heavy atom. The van der Waals surface area contributed by atoms with Gasteiger partial charge < -0.3 is 10.2 Å². The molecule has 132 valence electrons. The van der Waals surface area contributed by atoms with E-state index < -0.39 is 0 Å². The molecule has 0 atom stereocenters. The van der Waals surface area contributed by atoms with E-state index >= 15 is 0 Å². The van der Waals surface area contributed by atoms with Crippen LogP contribution in [-0.4, -0.2) is 32.6 Å². The second kappa shape index (κ2) is 6.80. The number of anilines is 3. The van der Waals surface area contributed by atoms with Gasteiger partial charge in [-0.05, 0) is 51.0 Å². The molecule has 7 nitrogen and oxygen atoms in total. The summed E-state index contributed by atoms with van der Waals surface area (Å²) in [5.74, 6) is 1.35. The van der Waals surface area contributed by atoms with Gasteiger partial charge in [0, 0.05) is 17.1 Å². The van der Waals surface area contributed by atoms with Crippen molar-refractivity contribution in [1.29, 1.82) is 0 Å². The van der Waals surface area contributed by atoms with Crippen LogP contribution in [0.1, 0.15) is 32.5 Å². The summed E-state index contributed by atoms with van der Waals surface area (Å²) in [6, 6.07) is 7.57. The van der Waals surface area contributed by atoms with Gasteiger partial charge in [-0.15, -0.1) is 16.4 Å². The number of thiazole rings is 1. The fourth-order valence-electron chi connectivity index (χ4n) is 2.80. The highest BCUT2D eigenvalue weighted by Crippen LogP contribution is 2.35. The van der Waals surface area contributed by atoms with Crippen LogP contribution in [0.3, 0.4) is 0 Å². The van der Waals surface area contributed by atoms with Gasteiger partial charge in [-0.1, -0.05) is 0 Å². The van der Waals surface area contributed by atoms with Crippen LogP contribution in [0.2, 0.25) is 0 Å². The number of hydrogen-bond donors (Lipinski definition) is 1. The molecule has 0 unspecified atom stereocenters. The summed E-state index contributed by atoms with van der Waals surface area (Å²) in [6.45, 7) is 4.63. The normalized spacial score (nSPS) is 13.4. The summed E-state index contributed by atoms with van der Waals surface area (Å²) in [5.41, 5.74) is 2.44. The van der Waals surface area contributed by atoms with Gasteiger partial charge in [0.15, 0.2) is 10.8 Å². The third kappa shape index (κ3) is 3.28. The Labute approximate surface area is 155 Å². The molecule has 0 radical (unpaired) electrons. The number of nitrogens with zero attached hydrogens (tertiary/aromatic N) is 5. The molecule has 1 aliphatic heterocycles. The third-order valence-corrected chi connectivity index (χ3v) is 5.24. The van der Waals surface area contributed by atoms with Gasteiger partial charge in [0.1, 0.15) is 5.82 Å². The van der Waals surface area contributed by atoms with Gasteiger partial charge >= 0.3 is 0 Å². The summed E-state index contributed by atoms with van der Waals surface area (Å²) in [4.78, 5) is 24.5. The average Bonchev–Trinajstić information content (AvgIpc) is 3.09. The molecule has 0 aliphatic carbocycles. The van der Waals surface area contributed by atoms with Crippen molar-refractivity contribution in [2.24, 2.45) is 0 Å². The number of pyridine rings is 1. The van der Waals surface area contributed by atoms with Crippen molar-refractivity contribution in [3.05, 3.63) is 51.7 Å². The van der Waals surface area contributed by atoms with Crippen LogP contribution in [0.4, 0.5) is 17.3 Å². The van der Waals surface area contributed by atoms with Crippen LogP contribution >= 0.6 is 11.3 Å². The van der Waals surface area contributed by atoms with E-state index in [1.54, 1.807) is 6.20 Å². The number of fused-ring (bicyclic) bond motifs is 1. The molecule has 0 spiro atoms. The molecular formula is C18H18N6OS. The van der Waals surface area contributed by atoms with E-state index in [1.165, 1.54) is 11.3 Å². The Morgan fingerprint density at radius 2 is 2.00 bits per heavy atom. The number of nitrogens with one attached hydrogen (secondary N) is 1. The summed E-state index contributed by atoms with van der Waals surface area (Å²) in [5, 5.41) is 11.7. The summed E-state index contributed by atoms with van der Waals surface area (Å²) < 4.78 is 0. The minimum atomic E-state index is -0.218. The first kappa shape index (κ1) is 16.6. The molecule has 0 aromatic carbocycles. The molecular weight excluding hydrogens is 348 g/mol. The number of carbonyl (C=O) groups is 1. The molecule has 0 bridgehead atoms. The molecule has 4 heterocycles. The molecule has 3 aromatic rings. The van der Waals surface area contributed by atoms with Gasteiger partial charge in [-0.2, -0.15) is 5.10 Å². The number of hydrogen-bond acceptors (Lipinski definition) is 7. The Balaban J connectivity index is 1.59. The first-order chi connectivity index (χ1) is 12.6. The van der Waals surface area contributed by atoms with E-state index in [9.17, 15) is 4.79 Å². The predicted molar refractivity (Wildman–Crippen MR) is 101 cm³/mol. The fraction of sp³-hybridized carbons (Fsp3) is 0.278. The van der Waals surface area contributed by atoms with Crippen molar-refractivity contribution < 1.29 is 4.79 Å². The van der Waals surface area contributed by atoms with Crippen molar-refractivity contribution in [3.8, 4) is 0 Å². The molecule has 0 saturated carbocycles. The maximum atomic E-state index is 12.6. The van der Waals surface area contributed by atoms with Gasteiger partial charge in [-0.3, -0.25) is 9.78 Å². The third-order valence-electron chi connectivity index (χ3n) is 4.14. The lowest BCUT2D eigenvalue weighted by Crippen LogP contribution is -2.25. The zero-order valence-corrected chi connectivity index (χ0v) is 15.4. The van der Waals surface area contributed by atoms with Crippen molar-refractivity contribution in [3.63, 3.8) is 0 Å². The van der Waals surface area contributed by atoms with E-state index in [-0.39, 0.29) is 5.91 Å². The SMILES string of the molecule is Cc1ccc(NC(=O)c2nc3c(s2)CCCN3c2ccc(C)nn2)cn1. The van der Waals surface area contributed by atoms with E-state index in [0.29, 0.717) is 10.7 Å². The number of amides is 1. The smallest absolute Gasteiger partial charge is 0.284 e. The summed E-state index contributed by atoms with van der Waals surface area (Å²) in [7, 11) is 0. The van der Waals surface area contributed by atoms with Crippen molar-refractivity contribution in [2.45, 2.75) is 26.7 Å². The topological polar surface area (TPSA) is 83.9 Å². The quantitative estimate of drug-likeness (QED) is 0.766. The van der Waals surface area contributed by atoms with E-state index in [1.807, 2.05) is 43.0 Å². The van der Waals surface area contributed by atoms with Crippen LogP contribution in [0, 0.1) is 13.8 Å². The number of aryl methyl sites for hydroxylation is 3. The fourth-order valence-corrected chi connectivity index (χ4v) is 3.81. The lowest BCUT2D eigenvalue weighted by atomic mass is 10.2. The second-order valence-electron chi connectivity index (χ2n) is 6.20. The van der Waals surface area contributed by atoms with Gasteiger partial charge in [-0.25, -0.2) is 4.98 Å². The minimum absolute atomic E-state index is 0.218. The summed E-state index contributed by atoms with van der Waals surface area (Å²) >= 11 is 1.43. The zero-order valence-electron chi connectivity index (χ0n) is 14.6. The van der Waals surface area contributed by atoms with Crippen LogP contribution in [0.25, 0.3) is 0 Å². The monoisotopic (exact) mass is 366 g/mol. The molecule has 0 saturated heterocycles. The van der Waals surface area contributed by atoms with E-state index in [2.05, 4.69) is 25.5 Å². The Bertz CT molecular complexity index is 935. The molecule has 26 heavy (non-hydrogen) atoms. The number of carbonyl (C=O) groups excluding carboxylic acids is 1. The lowest BCUT2D eigenvalue weighted by molar-refractivity contribution is 0.102. The molecule has 8 heteroatoms. The van der Waals surface area contributed by atoms with Gasteiger partial charge in [0.25, 0.3) is 5.91 Å². The molecule has 3 aromatic heterocycles. The maximum Gasteiger partial charge on any atom is 0.284 e. The Morgan fingerprint density at radius 1 is 1.15 bits per heavy atom. The number of aromatic nitrogens is 4. The standard InChI is InChI=1S/C18H18N6OS/c1-11-5-7-13(10-19-11)20-17(25)18-21-16-14(26-18)4-3-9-24(16)15-8-6-12(2)22-23-15/h5-8,10H,3-4,9H2,1-2H3,(H,20,25). The highest BCUT2D eigenvalue weighted by Gasteiger charge is 2.26. The first-order valence-electron chi connectivity index (χ1n) is 8.42. The highest BCUT2D eigenvalue weighted by atomic mass is 32.1. The van der Waals surface area contributed by atoms with Crippen LogP contribution in [0.5, 0.6) is 0 Å². The number of rotatable bonds is 3. The van der Waals surface area contributed by atoms with Crippen LogP contribution < -0.4 is 10.2 Å². The summed E-state index contributed by atoms with van der Waals surface area (Å²) in [6.07, 6.45) is 3.56. The maximum absolute atomic E-state index is 12.6. The van der Waals surface area contributed by atoms with Crippen molar-refractivity contribution in [2.75, 3.05) is 16.8 Å². The average molecular weight is 366 g/mol. The Kier molecular flexibility index (Phi) is 4.34. The first-order valence-corrected chi connectivity index (χ1v) is 9.23. The molecule has 1 N–H and O–H groups in total. The zero-order chi connectivity index (χ0) is 18.1. The molecule has 0 fully saturated rings. The predicted octanol–water partition coefficient (Wildman–Crippen LogP) is 3.28. The van der Waals surface area contributed by atoms with Crippen molar-refractivity contribution >= 4 is 34.6 Å². The lowest BCUT2D eigenvalue weighted by Gasteiger charge is -2.25. The molecule has 1 aliphatic rings. The van der Waals surface area contributed by atoms with E-state index in [4.69, 9.17) is 0 Å². The Hall–Kier alpha value is -2.87.